The van der Waals surface area contributed by atoms with Gasteiger partial charge in [-0.2, -0.15) is 0 Å². The number of carbonyl (C=O) groups is 2. The number of anilines is 3. The number of amides is 2. The van der Waals surface area contributed by atoms with Crippen molar-refractivity contribution in [2.75, 3.05) is 41.2 Å². The van der Waals surface area contributed by atoms with Gasteiger partial charge in [0.2, 0.25) is 5.91 Å². The van der Waals surface area contributed by atoms with Gasteiger partial charge in [-0.25, -0.2) is 9.96 Å². The molecule has 3 saturated heterocycles. The summed E-state index contributed by atoms with van der Waals surface area (Å²) >= 11 is 7.61. The third kappa shape index (κ3) is 3.58. The summed E-state index contributed by atoms with van der Waals surface area (Å²) in [7, 11) is 0. The molecule has 1 aromatic heterocycles. The summed E-state index contributed by atoms with van der Waals surface area (Å²) in [5.41, 5.74) is 2.36. The standard InChI is InChI=1S/C25H22ClN3O4S/c26-16-3-5-19(6-4-16)29-22(20-2-1-15-34-20)21-23(33-29)25(31)28(24(21)30)18-9-7-17(8-10-18)27-11-13-32-14-12-27/h1-10,15,21-23H,11-14H2/t21-,22-,23+/m0/s1. The van der Waals surface area contributed by atoms with E-state index in [2.05, 4.69) is 4.90 Å². The van der Waals surface area contributed by atoms with Gasteiger partial charge in [-0.05, 0) is 60.0 Å². The number of morpholine rings is 1. The highest BCUT2D eigenvalue weighted by Crippen LogP contribution is 2.48. The second-order valence-corrected chi connectivity index (χ2v) is 9.86. The number of halogens is 1. The maximum absolute atomic E-state index is 13.7. The van der Waals surface area contributed by atoms with E-state index in [1.807, 2.05) is 53.9 Å². The van der Waals surface area contributed by atoms with Crippen molar-refractivity contribution in [3.63, 3.8) is 0 Å². The minimum atomic E-state index is -0.880. The number of hydrogen-bond donors (Lipinski definition) is 0. The van der Waals surface area contributed by atoms with Crippen LogP contribution < -0.4 is 14.9 Å². The Morgan fingerprint density at radius 3 is 2.21 bits per heavy atom. The summed E-state index contributed by atoms with van der Waals surface area (Å²) in [6.07, 6.45) is -0.880. The van der Waals surface area contributed by atoms with E-state index in [0.29, 0.717) is 23.9 Å². The topological polar surface area (TPSA) is 62.3 Å². The Balaban J connectivity index is 1.31. The molecule has 0 bridgehead atoms. The summed E-state index contributed by atoms with van der Waals surface area (Å²) in [4.78, 5) is 37.8. The van der Waals surface area contributed by atoms with Crippen molar-refractivity contribution >= 4 is 51.8 Å². The lowest BCUT2D eigenvalue weighted by Crippen LogP contribution is -2.37. The minimum absolute atomic E-state index is 0.246. The Labute approximate surface area is 206 Å². The van der Waals surface area contributed by atoms with Crippen molar-refractivity contribution in [1.82, 2.24) is 0 Å². The molecule has 0 saturated carbocycles. The smallest absolute Gasteiger partial charge is 0.266 e. The summed E-state index contributed by atoms with van der Waals surface area (Å²) in [6.45, 7) is 3.03. The molecule has 6 rings (SSSR count). The van der Waals surface area contributed by atoms with Crippen LogP contribution in [-0.4, -0.2) is 44.2 Å². The Bertz CT molecular complexity index is 1200. The van der Waals surface area contributed by atoms with Crippen molar-refractivity contribution in [3.05, 3.63) is 75.9 Å². The summed E-state index contributed by atoms with van der Waals surface area (Å²) in [6, 6.07) is 18.3. The molecule has 9 heteroatoms. The number of carbonyl (C=O) groups excluding carboxylic acids is 2. The monoisotopic (exact) mass is 495 g/mol. The second kappa shape index (κ2) is 8.70. The third-order valence-electron chi connectivity index (χ3n) is 6.52. The average Bonchev–Trinajstić information content (AvgIpc) is 3.58. The number of hydroxylamine groups is 1. The first-order valence-electron chi connectivity index (χ1n) is 11.2. The van der Waals surface area contributed by atoms with E-state index < -0.39 is 18.1 Å². The molecule has 3 atom stereocenters. The predicted molar refractivity (Wildman–Crippen MR) is 131 cm³/mol. The first kappa shape index (κ1) is 21.6. The maximum Gasteiger partial charge on any atom is 0.266 e. The number of thiophene rings is 1. The minimum Gasteiger partial charge on any atom is -0.378 e. The van der Waals surface area contributed by atoms with Crippen LogP contribution in [0.2, 0.25) is 5.02 Å². The summed E-state index contributed by atoms with van der Waals surface area (Å²) < 4.78 is 5.42. The van der Waals surface area contributed by atoms with Crippen LogP contribution in [0, 0.1) is 5.92 Å². The first-order chi connectivity index (χ1) is 16.6. The number of rotatable bonds is 4. The van der Waals surface area contributed by atoms with Crippen molar-refractivity contribution in [2.45, 2.75) is 12.1 Å². The van der Waals surface area contributed by atoms with Crippen LogP contribution in [0.15, 0.2) is 66.0 Å². The highest BCUT2D eigenvalue weighted by molar-refractivity contribution is 7.10. The summed E-state index contributed by atoms with van der Waals surface area (Å²) in [5, 5.41) is 4.26. The molecule has 3 fully saturated rings. The van der Waals surface area contributed by atoms with Crippen molar-refractivity contribution in [1.29, 1.82) is 0 Å². The van der Waals surface area contributed by atoms with Gasteiger partial charge in [-0.3, -0.25) is 14.4 Å². The number of imide groups is 1. The van der Waals surface area contributed by atoms with E-state index >= 15 is 0 Å². The van der Waals surface area contributed by atoms with Crippen molar-refractivity contribution in [2.24, 2.45) is 5.92 Å². The quantitative estimate of drug-likeness (QED) is 0.503. The van der Waals surface area contributed by atoms with Gasteiger partial charge in [-0.15, -0.1) is 11.3 Å². The van der Waals surface area contributed by atoms with Gasteiger partial charge in [0, 0.05) is 28.7 Å². The van der Waals surface area contributed by atoms with E-state index in [9.17, 15) is 9.59 Å². The summed E-state index contributed by atoms with van der Waals surface area (Å²) in [5.74, 6) is -1.23. The molecule has 0 N–H and O–H groups in total. The predicted octanol–water partition coefficient (Wildman–Crippen LogP) is 4.29. The molecule has 0 unspecified atom stereocenters. The van der Waals surface area contributed by atoms with E-state index in [-0.39, 0.29) is 11.8 Å². The van der Waals surface area contributed by atoms with Crippen LogP contribution in [0.25, 0.3) is 0 Å². The van der Waals surface area contributed by atoms with Crippen LogP contribution in [-0.2, 0) is 19.2 Å². The molecule has 0 radical (unpaired) electrons. The molecule has 3 aliphatic rings. The Kier molecular flexibility index (Phi) is 5.53. The highest BCUT2D eigenvalue weighted by Gasteiger charge is 2.60. The van der Waals surface area contributed by atoms with Gasteiger partial charge in [0.05, 0.1) is 24.6 Å². The lowest BCUT2D eigenvalue weighted by molar-refractivity contribution is -0.126. The number of fused-ring (bicyclic) bond motifs is 1. The molecule has 0 aliphatic carbocycles. The third-order valence-corrected chi connectivity index (χ3v) is 7.71. The van der Waals surface area contributed by atoms with E-state index in [4.69, 9.17) is 21.2 Å². The largest absolute Gasteiger partial charge is 0.378 e. The zero-order valence-corrected chi connectivity index (χ0v) is 19.7. The van der Waals surface area contributed by atoms with E-state index in [1.165, 1.54) is 4.90 Å². The van der Waals surface area contributed by atoms with Gasteiger partial charge in [0.15, 0.2) is 6.10 Å². The maximum atomic E-state index is 13.7. The fourth-order valence-electron chi connectivity index (χ4n) is 4.86. The fourth-order valence-corrected chi connectivity index (χ4v) is 5.84. The Hall–Kier alpha value is -2.91. The van der Waals surface area contributed by atoms with Crippen LogP contribution in [0.1, 0.15) is 10.9 Å². The Morgan fingerprint density at radius 2 is 1.53 bits per heavy atom. The van der Waals surface area contributed by atoms with Crippen LogP contribution >= 0.6 is 22.9 Å². The molecule has 0 spiro atoms. The van der Waals surface area contributed by atoms with Crippen molar-refractivity contribution in [3.8, 4) is 0 Å². The van der Waals surface area contributed by atoms with Gasteiger partial charge in [0.25, 0.3) is 5.91 Å². The highest BCUT2D eigenvalue weighted by atomic mass is 35.5. The molecular formula is C25H22ClN3O4S. The van der Waals surface area contributed by atoms with Gasteiger partial charge in [-0.1, -0.05) is 17.7 Å². The molecule has 2 aromatic carbocycles. The van der Waals surface area contributed by atoms with Gasteiger partial charge >= 0.3 is 0 Å². The zero-order chi connectivity index (χ0) is 23.2. The molecule has 174 valence electrons. The molecule has 2 amide bonds. The number of nitrogens with zero attached hydrogens (tertiary/aromatic N) is 3. The molecule has 4 heterocycles. The van der Waals surface area contributed by atoms with Crippen molar-refractivity contribution < 1.29 is 19.2 Å². The Morgan fingerprint density at radius 1 is 0.853 bits per heavy atom. The lowest BCUT2D eigenvalue weighted by Gasteiger charge is -2.29. The molecule has 3 aromatic rings. The normalized spacial score (nSPS) is 24.7. The average molecular weight is 496 g/mol. The van der Waals surface area contributed by atoms with E-state index in [0.717, 1.165) is 29.3 Å². The number of hydrogen-bond acceptors (Lipinski definition) is 7. The number of benzene rings is 2. The SMILES string of the molecule is O=C1[C@@H]2[C@@H](ON(c3ccc(Cl)cc3)[C@H]2c2cccs2)C(=O)N1c1ccc(N2CCOCC2)cc1. The molecule has 3 aliphatic heterocycles. The molecule has 7 nitrogen and oxygen atoms in total. The molecular weight excluding hydrogens is 474 g/mol. The van der Waals surface area contributed by atoms with Crippen LogP contribution in [0.3, 0.4) is 0 Å². The first-order valence-corrected chi connectivity index (χ1v) is 12.4. The fraction of sp³-hybridized carbons (Fsp3) is 0.280. The molecule has 34 heavy (non-hydrogen) atoms. The van der Waals surface area contributed by atoms with Gasteiger partial charge in [0.1, 0.15) is 12.0 Å². The van der Waals surface area contributed by atoms with Gasteiger partial charge < -0.3 is 9.64 Å². The lowest BCUT2D eigenvalue weighted by atomic mass is 9.95. The van der Waals surface area contributed by atoms with E-state index in [1.54, 1.807) is 28.5 Å². The van der Waals surface area contributed by atoms with Crippen LogP contribution in [0.5, 0.6) is 0 Å². The zero-order valence-electron chi connectivity index (χ0n) is 18.2. The number of ether oxygens (including phenoxy) is 1. The second-order valence-electron chi connectivity index (χ2n) is 8.44. The van der Waals surface area contributed by atoms with Crippen LogP contribution in [0.4, 0.5) is 17.1 Å².